The van der Waals surface area contributed by atoms with Gasteiger partial charge in [0.1, 0.15) is 17.7 Å². The zero-order chi connectivity index (χ0) is 13.8. The molecule has 0 saturated carbocycles. The van der Waals surface area contributed by atoms with E-state index in [1.54, 1.807) is 36.4 Å². The Kier molecular flexibility index (Phi) is 3.80. The fourth-order valence-electron chi connectivity index (χ4n) is 1.78. The zero-order valence-corrected chi connectivity index (χ0v) is 11.0. The lowest BCUT2D eigenvalue weighted by Crippen LogP contribution is -2.03. The van der Waals surface area contributed by atoms with Gasteiger partial charge in [0.15, 0.2) is 0 Å². The smallest absolute Gasteiger partial charge is 0.143 e. The van der Waals surface area contributed by atoms with Crippen molar-refractivity contribution < 1.29 is 0 Å². The Balaban J connectivity index is 2.46. The number of hydrogen-bond acceptors (Lipinski definition) is 3. The number of pyridine rings is 1. The van der Waals surface area contributed by atoms with Crippen molar-refractivity contribution >= 4 is 11.6 Å². The molecule has 0 aliphatic rings. The molecule has 2 rings (SSSR count). The van der Waals surface area contributed by atoms with Gasteiger partial charge in [-0.1, -0.05) is 29.8 Å². The van der Waals surface area contributed by atoms with Crippen LogP contribution in [0.2, 0.25) is 5.02 Å². The normalized spacial score (nSPS) is 11.4. The summed E-state index contributed by atoms with van der Waals surface area (Å²) in [7, 11) is 0. The minimum atomic E-state index is -0.495. The van der Waals surface area contributed by atoms with E-state index in [2.05, 4.69) is 11.1 Å². The quantitative estimate of drug-likeness (QED) is 0.836. The van der Waals surface area contributed by atoms with E-state index in [1.807, 2.05) is 13.0 Å². The van der Waals surface area contributed by atoms with Gasteiger partial charge in [0, 0.05) is 5.02 Å². The molecule has 1 aromatic heterocycles. The van der Waals surface area contributed by atoms with Gasteiger partial charge in [-0.05, 0) is 36.2 Å². The minimum absolute atomic E-state index is 0.353. The van der Waals surface area contributed by atoms with Crippen molar-refractivity contribution in [2.24, 2.45) is 0 Å². The molecule has 0 aliphatic carbocycles. The van der Waals surface area contributed by atoms with Crippen molar-refractivity contribution in [2.75, 3.05) is 0 Å². The average Bonchev–Trinajstić information content (AvgIpc) is 2.43. The SMILES string of the molecule is Cc1ccc(C(C#N)c2ccc(Cl)cc2)nc1C#N. The van der Waals surface area contributed by atoms with Crippen molar-refractivity contribution in [1.82, 2.24) is 4.98 Å². The summed E-state index contributed by atoms with van der Waals surface area (Å²) in [5, 5.41) is 18.9. The van der Waals surface area contributed by atoms with Crippen LogP contribution in [0.25, 0.3) is 0 Å². The van der Waals surface area contributed by atoms with E-state index in [0.29, 0.717) is 16.4 Å². The average molecular weight is 268 g/mol. The predicted molar refractivity (Wildman–Crippen MR) is 72.6 cm³/mol. The van der Waals surface area contributed by atoms with Gasteiger partial charge >= 0.3 is 0 Å². The second-order valence-electron chi connectivity index (χ2n) is 4.13. The summed E-state index contributed by atoms with van der Waals surface area (Å²) in [5.74, 6) is -0.495. The van der Waals surface area contributed by atoms with Crippen molar-refractivity contribution in [3.05, 3.63) is 63.9 Å². The Labute approximate surface area is 116 Å². The molecular weight excluding hydrogens is 258 g/mol. The summed E-state index contributed by atoms with van der Waals surface area (Å²) < 4.78 is 0. The molecule has 2 aromatic rings. The molecule has 19 heavy (non-hydrogen) atoms. The molecule has 1 unspecified atom stereocenters. The standard InChI is InChI=1S/C15H10ClN3/c1-10-2-7-14(19-15(10)9-18)13(8-17)11-3-5-12(16)6-4-11/h2-7,13H,1H3. The number of nitrogens with zero attached hydrogens (tertiary/aromatic N) is 3. The number of rotatable bonds is 2. The third-order valence-electron chi connectivity index (χ3n) is 2.85. The third-order valence-corrected chi connectivity index (χ3v) is 3.10. The summed E-state index contributed by atoms with van der Waals surface area (Å²) in [6.07, 6.45) is 0. The van der Waals surface area contributed by atoms with E-state index in [-0.39, 0.29) is 0 Å². The summed E-state index contributed by atoms with van der Waals surface area (Å²) >= 11 is 5.83. The monoisotopic (exact) mass is 267 g/mol. The van der Waals surface area contributed by atoms with Crippen LogP contribution in [0, 0.1) is 29.6 Å². The molecule has 1 atom stereocenters. The van der Waals surface area contributed by atoms with Crippen LogP contribution < -0.4 is 0 Å². The summed E-state index contributed by atoms with van der Waals surface area (Å²) in [6.45, 7) is 1.82. The second kappa shape index (κ2) is 5.52. The molecule has 0 amide bonds. The highest BCUT2D eigenvalue weighted by atomic mass is 35.5. The van der Waals surface area contributed by atoms with Gasteiger partial charge in [0.2, 0.25) is 0 Å². The number of aryl methyl sites for hydroxylation is 1. The Morgan fingerprint density at radius 3 is 2.37 bits per heavy atom. The molecule has 0 N–H and O–H groups in total. The molecule has 1 heterocycles. The van der Waals surface area contributed by atoms with E-state index < -0.39 is 5.92 Å². The topological polar surface area (TPSA) is 60.5 Å². The number of hydrogen-bond donors (Lipinski definition) is 0. The van der Waals surface area contributed by atoms with Crippen molar-refractivity contribution in [2.45, 2.75) is 12.8 Å². The first kappa shape index (κ1) is 13.1. The Hall–Kier alpha value is -2.36. The maximum absolute atomic E-state index is 9.33. The maximum Gasteiger partial charge on any atom is 0.143 e. The van der Waals surface area contributed by atoms with Crippen molar-refractivity contribution in [3.8, 4) is 12.1 Å². The third kappa shape index (κ3) is 2.73. The lowest BCUT2D eigenvalue weighted by molar-refractivity contribution is 0.953. The van der Waals surface area contributed by atoms with E-state index in [4.69, 9.17) is 16.9 Å². The number of benzene rings is 1. The van der Waals surface area contributed by atoms with Gasteiger partial charge in [-0.2, -0.15) is 10.5 Å². The fraction of sp³-hybridized carbons (Fsp3) is 0.133. The van der Waals surface area contributed by atoms with Gasteiger partial charge < -0.3 is 0 Å². The van der Waals surface area contributed by atoms with Gasteiger partial charge in [-0.3, -0.25) is 0 Å². The molecular formula is C15H10ClN3. The first-order chi connectivity index (χ1) is 9.15. The Morgan fingerprint density at radius 1 is 1.11 bits per heavy atom. The molecule has 0 radical (unpaired) electrons. The lowest BCUT2D eigenvalue weighted by atomic mass is 9.96. The molecule has 0 aliphatic heterocycles. The lowest BCUT2D eigenvalue weighted by Gasteiger charge is -2.10. The molecule has 0 bridgehead atoms. The summed E-state index contributed by atoms with van der Waals surface area (Å²) in [6, 6.07) is 14.9. The predicted octanol–water partition coefficient (Wildman–Crippen LogP) is 3.57. The molecule has 92 valence electrons. The van der Waals surface area contributed by atoms with Crippen LogP contribution in [0.1, 0.15) is 28.4 Å². The van der Waals surface area contributed by atoms with Gasteiger partial charge in [0.05, 0.1) is 11.8 Å². The Morgan fingerprint density at radius 2 is 1.79 bits per heavy atom. The van der Waals surface area contributed by atoms with E-state index in [1.165, 1.54) is 0 Å². The van der Waals surface area contributed by atoms with Crippen LogP contribution >= 0.6 is 11.6 Å². The molecule has 1 aromatic carbocycles. The first-order valence-electron chi connectivity index (χ1n) is 5.68. The molecule has 0 saturated heterocycles. The van der Waals surface area contributed by atoms with Gasteiger partial charge in [-0.15, -0.1) is 0 Å². The van der Waals surface area contributed by atoms with Gasteiger partial charge in [-0.25, -0.2) is 4.98 Å². The van der Waals surface area contributed by atoms with Crippen LogP contribution in [-0.4, -0.2) is 4.98 Å². The number of nitriles is 2. The van der Waals surface area contributed by atoms with Crippen LogP contribution in [-0.2, 0) is 0 Å². The van der Waals surface area contributed by atoms with Crippen molar-refractivity contribution in [1.29, 1.82) is 10.5 Å². The molecule has 0 spiro atoms. The number of halogens is 1. The van der Waals surface area contributed by atoms with E-state index in [9.17, 15) is 5.26 Å². The molecule has 0 fully saturated rings. The van der Waals surface area contributed by atoms with E-state index >= 15 is 0 Å². The summed E-state index contributed by atoms with van der Waals surface area (Å²) in [4.78, 5) is 4.24. The second-order valence-corrected chi connectivity index (χ2v) is 4.56. The highest BCUT2D eigenvalue weighted by molar-refractivity contribution is 6.30. The minimum Gasteiger partial charge on any atom is -0.240 e. The molecule has 3 nitrogen and oxygen atoms in total. The number of aromatic nitrogens is 1. The highest BCUT2D eigenvalue weighted by Crippen LogP contribution is 2.24. The van der Waals surface area contributed by atoms with Crippen molar-refractivity contribution in [3.63, 3.8) is 0 Å². The fourth-order valence-corrected chi connectivity index (χ4v) is 1.91. The highest BCUT2D eigenvalue weighted by Gasteiger charge is 2.16. The van der Waals surface area contributed by atoms with Gasteiger partial charge in [0.25, 0.3) is 0 Å². The van der Waals surface area contributed by atoms with Crippen LogP contribution in [0.5, 0.6) is 0 Å². The maximum atomic E-state index is 9.33. The van der Waals surface area contributed by atoms with Crippen LogP contribution in [0.3, 0.4) is 0 Å². The first-order valence-corrected chi connectivity index (χ1v) is 6.06. The molecule has 4 heteroatoms. The largest absolute Gasteiger partial charge is 0.240 e. The van der Waals surface area contributed by atoms with Crippen LogP contribution in [0.4, 0.5) is 0 Å². The Bertz CT molecular complexity index is 678. The van der Waals surface area contributed by atoms with Crippen LogP contribution in [0.15, 0.2) is 36.4 Å². The zero-order valence-electron chi connectivity index (χ0n) is 10.3. The van der Waals surface area contributed by atoms with E-state index in [0.717, 1.165) is 11.1 Å². The summed E-state index contributed by atoms with van der Waals surface area (Å²) in [5.41, 5.74) is 2.55.